The molecule has 86 valence electrons. The summed E-state index contributed by atoms with van der Waals surface area (Å²) in [4.78, 5) is 22.0. The van der Waals surface area contributed by atoms with Crippen LogP contribution in [0.4, 0.5) is 0 Å². The van der Waals surface area contributed by atoms with Crippen molar-refractivity contribution in [1.29, 1.82) is 0 Å². The molecule has 0 saturated heterocycles. The topological polar surface area (TPSA) is 66.4 Å². The van der Waals surface area contributed by atoms with E-state index in [4.69, 9.17) is 5.11 Å². The van der Waals surface area contributed by atoms with E-state index in [0.717, 1.165) is 11.1 Å². The molecule has 1 amide bonds. The van der Waals surface area contributed by atoms with Gasteiger partial charge in [0.05, 0.1) is 0 Å². The minimum Gasteiger partial charge on any atom is -0.479 e. The van der Waals surface area contributed by atoms with Gasteiger partial charge in [-0.2, -0.15) is 0 Å². The normalized spacial score (nSPS) is 11.9. The maximum Gasteiger partial charge on any atom is 0.330 e. The molecule has 16 heavy (non-hydrogen) atoms. The number of hydrogen-bond acceptors (Lipinski definition) is 2. The van der Waals surface area contributed by atoms with Crippen molar-refractivity contribution in [2.75, 3.05) is 0 Å². The minimum atomic E-state index is -1.06. The third-order valence-electron chi connectivity index (χ3n) is 2.17. The lowest BCUT2D eigenvalue weighted by Crippen LogP contribution is -2.32. The highest BCUT2D eigenvalue weighted by Gasteiger charge is 2.20. The van der Waals surface area contributed by atoms with Gasteiger partial charge in [0, 0.05) is 6.92 Å². The summed E-state index contributed by atoms with van der Waals surface area (Å²) in [5.41, 5.74) is 2.55. The number of benzene rings is 1. The maximum atomic E-state index is 11.0. The minimum absolute atomic E-state index is 0.355. The Labute approximate surface area is 94.3 Å². The van der Waals surface area contributed by atoms with E-state index < -0.39 is 12.0 Å². The van der Waals surface area contributed by atoms with E-state index in [1.54, 1.807) is 12.1 Å². The van der Waals surface area contributed by atoms with Crippen LogP contribution in [0.1, 0.15) is 29.7 Å². The largest absolute Gasteiger partial charge is 0.479 e. The van der Waals surface area contributed by atoms with E-state index >= 15 is 0 Å². The highest BCUT2D eigenvalue weighted by Crippen LogP contribution is 2.17. The Bertz CT molecular complexity index is 406. The van der Waals surface area contributed by atoms with E-state index in [2.05, 4.69) is 5.32 Å². The van der Waals surface area contributed by atoms with Crippen LogP contribution < -0.4 is 5.32 Å². The van der Waals surface area contributed by atoms with Gasteiger partial charge in [-0.3, -0.25) is 4.79 Å². The van der Waals surface area contributed by atoms with Crippen molar-refractivity contribution >= 4 is 11.9 Å². The Morgan fingerprint density at radius 2 is 1.69 bits per heavy atom. The quantitative estimate of drug-likeness (QED) is 0.814. The Balaban J connectivity index is 3.10. The number of carboxylic acid groups (broad SMARTS) is 1. The van der Waals surface area contributed by atoms with E-state index in [0.29, 0.717) is 5.56 Å². The molecule has 0 saturated carbocycles. The van der Waals surface area contributed by atoms with Crippen LogP contribution in [0.15, 0.2) is 18.2 Å². The average molecular weight is 221 g/mol. The van der Waals surface area contributed by atoms with Crippen molar-refractivity contribution in [3.8, 4) is 0 Å². The molecule has 1 rings (SSSR count). The van der Waals surface area contributed by atoms with Gasteiger partial charge in [0.25, 0.3) is 0 Å². The fourth-order valence-corrected chi connectivity index (χ4v) is 1.67. The van der Waals surface area contributed by atoms with Crippen molar-refractivity contribution in [3.05, 3.63) is 34.9 Å². The Hall–Kier alpha value is -1.84. The van der Waals surface area contributed by atoms with Gasteiger partial charge in [-0.05, 0) is 19.4 Å². The molecule has 1 aromatic rings. The van der Waals surface area contributed by atoms with Gasteiger partial charge in [0.2, 0.25) is 5.91 Å². The predicted octanol–water partition coefficient (Wildman–Crippen LogP) is 1.57. The number of carboxylic acids is 1. The predicted molar refractivity (Wildman–Crippen MR) is 60.1 cm³/mol. The van der Waals surface area contributed by atoms with Crippen LogP contribution in [0.25, 0.3) is 0 Å². The monoisotopic (exact) mass is 221 g/mol. The fourth-order valence-electron chi connectivity index (χ4n) is 1.67. The van der Waals surface area contributed by atoms with Crippen molar-refractivity contribution in [2.24, 2.45) is 0 Å². The van der Waals surface area contributed by atoms with Crippen LogP contribution in [0.5, 0.6) is 0 Å². The molecule has 0 aliphatic rings. The molecule has 0 bridgehead atoms. The van der Waals surface area contributed by atoms with E-state index in [9.17, 15) is 9.59 Å². The van der Waals surface area contributed by atoms with Gasteiger partial charge < -0.3 is 10.4 Å². The second-order valence-corrected chi connectivity index (χ2v) is 3.89. The lowest BCUT2D eigenvalue weighted by molar-refractivity contribution is -0.141. The third kappa shape index (κ3) is 3.08. The molecule has 0 aromatic heterocycles. The summed E-state index contributed by atoms with van der Waals surface area (Å²) in [6.45, 7) is 5.09. The number of aliphatic carboxylic acids is 1. The second-order valence-electron chi connectivity index (χ2n) is 3.89. The fraction of sp³-hybridized carbons (Fsp3) is 0.333. The molecule has 0 radical (unpaired) electrons. The summed E-state index contributed by atoms with van der Waals surface area (Å²) >= 11 is 0. The van der Waals surface area contributed by atoms with Crippen LogP contribution in [-0.4, -0.2) is 17.0 Å². The number of nitrogens with one attached hydrogen (secondary N) is 1. The zero-order chi connectivity index (χ0) is 12.3. The van der Waals surface area contributed by atoms with Crippen LogP contribution in [0, 0.1) is 13.8 Å². The molecule has 1 aromatic carbocycles. The molecule has 0 spiro atoms. The first-order chi connectivity index (χ1) is 7.40. The molecule has 4 nitrogen and oxygen atoms in total. The summed E-state index contributed by atoms with van der Waals surface area (Å²) in [5, 5.41) is 11.5. The number of rotatable bonds is 3. The van der Waals surface area contributed by atoms with E-state index in [1.807, 2.05) is 19.9 Å². The molecule has 1 atom stereocenters. The van der Waals surface area contributed by atoms with Crippen molar-refractivity contribution < 1.29 is 14.7 Å². The van der Waals surface area contributed by atoms with Gasteiger partial charge in [0.1, 0.15) is 0 Å². The number of amides is 1. The molecule has 0 fully saturated rings. The van der Waals surface area contributed by atoms with Crippen LogP contribution in [0.2, 0.25) is 0 Å². The second kappa shape index (κ2) is 4.79. The first-order valence-electron chi connectivity index (χ1n) is 4.98. The Morgan fingerprint density at radius 3 is 2.06 bits per heavy atom. The molecule has 1 unspecified atom stereocenters. The lowest BCUT2D eigenvalue weighted by atomic mass is 10.0. The molecule has 0 aliphatic carbocycles. The zero-order valence-corrected chi connectivity index (χ0v) is 9.57. The smallest absolute Gasteiger partial charge is 0.330 e. The van der Waals surface area contributed by atoms with Gasteiger partial charge in [0.15, 0.2) is 6.04 Å². The van der Waals surface area contributed by atoms with Gasteiger partial charge in [-0.25, -0.2) is 4.79 Å². The number of aryl methyl sites for hydroxylation is 2. The summed E-state index contributed by atoms with van der Waals surface area (Å²) in [6, 6.07) is 4.51. The highest BCUT2D eigenvalue weighted by molar-refractivity contribution is 5.83. The van der Waals surface area contributed by atoms with Gasteiger partial charge >= 0.3 is 5.97 Å². The summed E-state index contributed by atoms with van der Waals surface area (Å²) in [5.74, 6) is -1.41. The Kier molecular flexibility index (Phi) is 3.66. The molecule has 0 aliphatic heterocycles. The molecule has 2 N–H and O–H groups in total. The van der Waals surface area contributed by atoms with E-state index in [-0.39, 0.29) is 5.91 Å². The average Bonchev–Trinajstić information content (AvgIpc) is 2.11. The zero-order valence-electron chi connectivity index (χ0n) is 9.57. The lowest BCUT2D eigenvalue weighted by Gasteiger charge is -2.14. The van der Waals surface area contributed by atoms with Crippen molar-refractivity contribution in [2.45, 2.75) is 26.8 Å². The summed E-state index contributed by atoms with van der Waals surface area (Å²) < 4.78 is 0. The summed E-state index contributed by atoms with van der Waals surface area (Å²) in [6.07, 6.45) is 0. The Morgan fingerprint density at radius 1 is 1.19 bits per heavy atom. The van der Waals surface area contributed by atoms with Gasteiger partial charge in [-0.15, -0.1) is 0 Å². The number of carbonyl (C=O) groups excluding carboxylic acids is 1. The maximum absolute atomic E-state index is 11.0. The van der Waals surface area contributed by atoms with E-state index in [1.165, 1.54) is 6.92 Å². The first-order valence-corrected chi connectivity index (χ1v) is 4.98. The highest BCUT2D eigenvalue weighted by atomic mass is 16.4. The first kappa shape index (κ1) is 12.2. The van der Waals surface area contributed by atoms with Crippen molar-refractivity contribution in [1.82, 2.24) is 5.32 Å². The third-order valence-corrected chi connectivity index (χ3v) is 2.17. The van der Waals surface area contributed by atoms with Crippen molar-refractivity contribution in [3.63, 3.8) is 0 Å². The van der Waals surface area contributed by atoms with Gasteiger partial charge in [-0.1, -0.05) is 29.3 Å². The summed E-state index contributed by atoms with van der Waals surface area (Å²) in [7, 11) is 0. The van der Waals surface area contributed by atoms with Crippen LogP contribution >= 0.6 is 0 Å². The molecule has 4 heteroatoms. The molecular weight excluding hydrogens is 206 g/mol. The standard InChI is InChI=1S/C12H15NO3/c1-7-4-8(2)6-10(5-7)11(12(15)16)13-9(3)14/h4-6,11H,1-3H3,(H,13,14)(H,15,16). The molecular formula is C12H15NO3. The van der Waals surface area contributed by atoms with Crippen LogP contribution in [0.3, 0.4) is 0 Å². The SMILES string of the molecule is CC(=O)NC(C(=O)O)c1cc(C)cc(C)c1. The number of carbonyl (C=O) groups is 2. The van der Waals surface area contributed by atoms with Crippen LogP contribution in [-0.2, 0) is 9.59 Å². The number of hydrogen-bond donors (Lipinski definition) is 2. The molecule has 0 heterocycles.